The van der Waals surface area contributed by atoms with Gasteiger partial charge in [-0.05, 0) is 36.6 Å². The minimum atomic E-state index is 0.0997. The molecule has 3 heteroatoms. The number of unbranched alkanes of at least 4 members (excludes halogenated alkanes) is 1. The summed E-state index contributed by atoms with van der Waals surface area (Å²) in [6.07, 6.45) is 4.47. The molecule has 1 aromatic carbocycles. The van der Waals surface area contributed by atoms with E-state index < -0.39 is 0 Å². The molecule has 0 saturated carbocycles. The molecule has 0 aliphatic carbocycles. The van der Waals surface area contributed by atoms with E-state index in [2.05, 4.69) is 13.8 Å². The van der Waals surface area contributed by atoms with Crippen LogP contribution in [0.5, 0.6) is 0 Å². The molecule has 0 bridgehead atoms. The van der Waals surface area contributed by atoms with Gasteiger partial charge in [-0.15, -0.1) is 0 Å². The summed E-state index contributed by atoms with van der Waals surface area (Å²) in [6.45, 7) is 4.22. The van der Waals surface area contributed by atoms with E-state index in [0.29, 0.717) is 6.42 Å². The molecule has 20 heavy (non-hydrogen) atoms. The first-order chi connectivity index (χ1) is 9.58. The Kier molecular flexibility index (Phi) is 4.58. The maximum atomic E-state index is 12.5. The zero-order valence-electron chi connectivity index (χ0n) is 12.6. The van der Waals surface area contributed by atoms with Crippen molar-refractivity contribution in [1.29, 1.82) is 0 Å². The molecule has 1 atom stereocenters. The third kappa shape index (κ3) is 2.77. The summed E-state index contributed by atoms with van der Waals surface area (Å²) >= 11 is 0. The summed E-state index contributed by atoms with van der Waals surface area (Å²) in [6, 6.07) is 5.68. The predicted molar refractivity (Wildman–Crippen MR) is 81.2 cm³/mol. The number of anilines is 1. The highest BCUT2D eigenvalue weighted by molar-refractivity contribution is 6.03. The lowest BCUT2D eigenvalue weighted by Crippen LogP contribution is -2.20. The number of Topliss-reactive ketones (excluding diaryl/α,β-unsaturated/α-hetero) is 1. The first-order valence-corrected chi connectivity index (χ1v) is 7.52. The number of nitrogens with zero attached hydrogens (tertiary/aromatic N) is 1. The van der Waals surface area contributed by atoms with Crippen molar-refractivity contribution < 1.29 is 9.59 Å². The summed E-state index contributed by atoms with van der Waals surface area (Å²) < 4.78 is 0. The van der Waals surface area contributed by atoms with Crippen LogP contribution in [0.4, 0.5) is 5.69 Å². The Morgan fingerprint density at radius 1 is 1.35 bits per heavy atom. The van der Waals surface area contributed by atoms with Gasteiger partial charge in [0.25, 0.3) is 0 Å². The molecular weight excluding hydrogens is 250 g/mol. The zero-order valence-corrected chi connectivity index (χ0v) is 12.6. The molecule has 2 rings (SSSR count). The van der Waals surface area contributed by atoms with E-state index in [1.54, 1.807) is 11.9 Å². The second kappa shape index (κ2) is 6.21. The fraction of sp³-hybridized carbons (Fsp3) is 0.529. The zero-order chi connectivity index (χ0) is 14.7. The van der Waals surface area contributed by atoms with E-state index in [1.165, 1.54) is 0 Å². The lowest BCUT2D eigenvalue weighted by atomic mass is 9.90. The Balaban J connectivity index is 2.20. The molecule has 0 spiro atoms. The SMILES string of the molecule is CCCCC(CC)C(=O)c1ccc2c(c1)CC(=O)N2C. The molecular formula is C17H23NO2. The number of hydrogen-bond acceptors (Lipinski definition) is 2. The number of carbonyl (C=O) groups is 2. The average Bonchev–Trinajstić information content (AvgIpc) is 2.74. The third-order valence-corrected chi connectivity index (χ3v) is 4.21. The van der Waals surface area contributed by atoms with Crippen molar-refractivity contribution in [3.8, 4) is 0 Å². The number of benzene rings is 1. The number of fused-ring (bicyclic) bond motifs is 1. The van der Waals surface area contributed by atoms with Gasteiger partial charge in [-0.25, -0.2) is 0 Å². The van der Waals surface area contributed by atoms with Crippen LogP contribution in [0.3, 0.4) is 0 Å². The lowest BCUT2D eigenvalue weighted by Gasteiger charge is -2.14. The van der Waals surface area contributed by atoms with Gasteiger partial charge in [0.1, 0.15) is 0 Å². The van der Waals surface area contributed by atoms with Gasteiger partial charge in [0.05, 0.1) is 6.42 Å². The molecule has 1 unspecified atom stereocenters. The van der Waals surface area contributed by atoms with Crippen LogP contribution >= 0.6 is 0 Å². The quantitative estimate of drug-likeness (QED) is 0.743. The second-order valence-corrected chi connectivity index (χ2v) is 5.58. The fourth-order valence-corrected chi connectivity index (χ4v) is 2.83. The van der Waals surface area contributed by atoms with Crippen LogP contribution in [0.15, 0.2) is 18.2 Å². The van der Waals surface area contributed by atoms with Gasteiger partial charge in [-0.1, -0.05) is 26.7 Å². The van der Waals surface area contributed by atoms with Crippen molar-refractivity contribution in [2.75, 3.05) is 11.9 Å². The molecule has 1 aromatic rings. The summed E-state index contributed by atoms with van der Waals surface area (Å²) in [5.74, 6) is 0.441. The highest BCUT2D eigenvalue weighted by atomic mass is 16.2. The monoisotopic (exact) mass is 273 g/mol. The van der Waals surface area contributed by atoms with Crippen LogP contribution in [0, 0.1) is 5.92 Å². The van der Waals surface area contributed by atoms with Gasteiger partial charge in [-0.3, -0.25) is 9.59 Å². The van der Waals surface area contributed by atoms with E-state index >= 15 is 0 Å². The minimum Gasteiger partial charge on any atom is -0.315 e. The van der Waals surface area contributed by atoms with Crippen molar-refractivity contribution in [2.24, 2.45) is 5.92 Å². The number of hydrogen-bond donors (Lipinski definition) is 0. The largest absolute Gasteiger partial charge is 0.315 e. The first kappa shape index (κ1) is 14.8. The van der Waals surface area contributed by atoms with Crippen molar-refractivity contribution in [3.05, 3.63) is 29.3 Å². The number of amides is 1. The molecule has 3 nitrogen and oxygen atoms in total. The van der Waals surface area contributed by atoms with Crippen LogP contribution in [0.2, 0.25) is 0 Å². The van der Waals surface area contributed by atoms with Crippen LogP contribution in [0.1, 0.15) is 55.5 Å². The number of ketones is 1. The van der Waals surface area contributed by atoms with Crippen molar-refractivity contribution in [1.82, 2.24) is 0 Å². The maximum Gasteiger partial charge on any atom is 0.231 e. The molecule has 0 fully saturated rings. The first-order valence-electron chi connectivity index (χ1n) is 7.52. The van der Waals surface area contributed by atoms with E-state index in [-0.39, 0.29) is 17.6 Å². The number of carbonyl (C=O) groups excluding carboxylic acids is 2. The molecule has 1 aliphatic rings. The van der Waals surface area contributed by atoms with Gasteiger partial charge in [0.2, 0.25) is 5.91 Å². The number of likely N-dealkylation sites (N-methyl/N-ethyl adjacent to an activating group) is 1. The molecule has 1 aliphatic heterocycles. The van der Waals surface area contributed by atoms with Gasteiger partial charge in [0, 0.05) is 24.2 Å². The molecule has 108 valence electrons. The summed E-state index contributed by atoms with van der Waals surface area (Å²) in [5.41, 5.74) is 2.68. The molecule has 0 saturated heterocycles. The molecule has 0 N–H and O–H groups in total. The summed E-state index contributed by atoms with van der Waals surface area (Å²) in [7, 11) is 1.78. The lowest BCUT2D eigenvalue weighted by molar-refractivity contribution is -0.117. The van der Waals surface area contributed by atoms with Crippen molar-refractivity contribution in [3.63, 3.8) is 0 Å². The van der Waals surface area contributed by atoms with E-state index in [4.69, 9.17) is 0 Å². The fourth-order valence-electron chi connectivity index (χ4n) is 2.83. The second-order valence-electron chi connectivity index (χ2n) is 5.58. The third-order valence-electron chi connectivity index (χ3n) is 4.21. The standard InChI is InChI=1S/C17H23NO2/c1-4-6-7-12(5-2)17(20)13-8-9-15-14(10-13)11-16(19)18(15)3/h8-10,12H,4-7,11H2,1-3H3. The number of rotatable bonds is 6. The highest BCUT2D eigenvalue weighted by Gasteiger charge is 2.26. The predicted octanol–water partition coefficient (Wildman–Crippen LogP) is 3.60. The van der Waals surface area contributed by atoms with E-state index in [1.807, 2.05) is 18.2 Å². The summed E-state index contributed by atoms with van der Waals surface area (Å²) in [5, 5.41) is 0. The Bertz CT molecular complexity index is 522. The molecule has 0 radical (unpaired) electrons. The van der Waals surface area contributed by atoms with E-state index in [9.17, 15) is 9.59 Å². The van der Waals surface area contributed by atoms with Gasteiger partial charge in [-0.2, -0.15) is 0 Å². The van der Waals surface area contributed by atoms with Crippen molar-refractivity contribution in [2.45, 2.75) is 46.0 Å². The minimum absolute atomic E-state index is 0.0997. The Hall–Kier alpha value is -1.64. The summed E-state index contributed by atoms with van der Waals surface area (Å²) in [4.78, 5) is 25.9. The highest BCUT2D eigenvalue weighted by Crippen LogP contribution is 2.29. The van der Waals surface area contributed by atoms with Crippen LogP contribution in [-0.4, -0.2) is 18.7 Å². The normalized spacial score (nSPS) is 15.3. The molecule has 1 heterocycles. The van der Waals surface area contributed by atoms with E-state index in [0.717, 1.165) is 42.5 Å². The topological polar surface area (TPSA) is 37.4 Å². The average molecular weight is 273 g/mol. The Labute approximate surface area is 121 Å². The maximum absolute atomic E-state index is 12.5. The molecule has 0 aromatic heterocycles. The smallest absolute Gasteiger partial charge is 0.231 e. The van der Waals surface area contributed by atoms with Crippen LogP contribution < -0.4 is 4.90 Å². The molecule has 1 amide bonds. The van der Waals surface area contributed by atoms with Crippen LogP contribution in [0.25, 0.3) is 0 Å². The van der Waals surface area contributed by atoms with Gasteiger partial charge >= 0.3 is 0 Å². The van der Waals surface area contributed by atoms with Crippen molar-refractivity contribution >= 4 is 17.4 Å². The van der Waals surface area contributed by atoms with Crippen LogP contribution in [-0.2, 0) is 11.2 Å². The Morgan fingerprint density at radius 3 is 2.75 bits per heavy atom. The van der Waals surface area contributed by atoms with Gasteiger partial charge in [0.15, 0.2) is 5.78 Å². The van der Waals surface area contributed by atoms with Gasteiger partial charge < -0.3 is 4.90 Å². The Morgan fingerprint density at radius 2 is 2.10 bits per heavy atom.